The average molecular weight is 390 g/mol. The lowest BCUT2D eigenvalue weighted by atomic mass is 10.0. The van der Waals surface area contributed by atoms with E-state index in [0.29, 0.717) is 11.9 Å². The van der Waals surface area contributed by atoms with Crippen LogP contribution in [0.1, 0.15) is 31.6 Å². The summed E-state index contributed by atoms with van der Waals surface area (Å²) >= 11 is 7.87. The standard InChI is InChI=1S/C20H24ClN3OS/c1-5-7-12-24(4)18-17-16(13(3)26-19(17)23-20(21)22-18)14-8-10-15(11-9-14)25-6-2/h8-11H,5-7,12H2,1-4H3. The van der Waals surface area contributed by atoms with Crippen molar-refractivity contribution >= 4 is 39.0 Å². The number of rotatable bonds is 7. The minimum atomic E-state index is 0.301. The van der Waals surface area contributed by atoms with Crippen molar-refractivity contribution in [2.75, 3.05) is 25.1 Å². The number of ether oxygens (including phenoxy) is 1. The third-order valence-electron chi connectivity index (χ3n) is 4.34. The number of aromatic nitrogens is 2. The molecular weight excluding hydrogens is 366 g/mol. The quantitative estimate of drug-likeness (QED) is 0.467. The van der Waals surface area contributed by atoms with Crippen LogP contribution in [0.25, 0.3) is 21.3 Å². The van der Waals surface area contributed by atoms with Gasteiger partial charge in [-0.15, -0.1) is 11.3 Å². The van der Waals surface area contributed by atoms with Crippen LogP contribution in [0, 0.1) is 6.92 Å². The molecule has 4 nitrogen and oxygen atoms in total. The molecule has 0 saturated carbocycles. The summed E-state index contributed by atoms with van der Waals surface area (Å²) in [4.78, 5) is 13.4. The largest absolute Gasteiger partial charge is 0.494 e. The number of thiophene rings is 1. The summed E-state index contributed by atoms with van der Waals surface area (Å²) in [6, 6.07) is 8.23. The van der Waals surface area contributed by atoms with Gasteiger partial charge in [0.2, 0.25) is 5.28 Å². The summed E-state index contributed by atoms with van der Waals surface area (Å²) in [5.74, 6) is 1.79. The summed E-state index contributed by atoms with van der Waals surface area (Å²) in [6.45, 7) is 7.91. The van der Waals surface area contributed by atoms with E-state index in [1.165, 1.54) is 10.4 Å². The highest BCUT2D eigenvalue weighted by Crippen LogP contribution is 2.42. The maximum atomic E-state index is 6.21. The normalized spacial score (nSPS) is 11.1. The Kier molecular flexibility index (Phi) is 5.99. The smallest absolute Gasteiger partial charge is 0.225 e. The van der Waals surface area contributed by atoms with Crippen LogP contribution < -0.4 is 9.64 Å². The van der Waals surface area contributed by atoms with Crippen LogP contribution in [-0.2, 0) is 0 Å². The lowest BCUT2D eigenvalue weighted by Crippen LogP contribution is -2.20. The number of unbranched alkanes of at least 4 members (excludes halogenated alkanes) is 1. The molecule has 2 heterocycles. The fraction of sp³-hybridized carbons (Fsp3) is 0.400. The Bertz CT molecular complexity index is 892. The highest BCUT2D eigenvalue weighted by Gasteiger charge is 2.20. The van der Waals surface area contributed by atoms with Crippen molar-refractivity contribution in [3.05, 3.63) is 34.4 Å². The first-order valence-corrected chi connectivity index (χ1v) is 10.2. The topological polar surface area (TPSA) is 38.2 Å². The van der Waals surface area contributed by atoms with Gasteiger partial charge >= 0.3 is 0 Å². The van der Waals surface area contributed by atoms with Gasteiger partial charge in [-0.1, -0.05) is 25.5 Å². The molecule has 2 aromatic heterocycles. The Labute approximate surface area is 163 Å². The number of nitrogens with zero attached hydrogens (tertiary/aromatic N) is 3. The Morgan fingerprint density at radius 3 is 2.54 bits per heavy atom. The molecule has 0 N–H and O–H groups in total. The first-order valence-electron chi connectivity index (χ1n) is 8.96. The summed E-state index contributed by atoms with van der Waals surface area (Å²) in [7, 11) is 2.07. The first kappa shape index (κ1) is 18.9. The number of fused-ring (bicyclic) bond motifs is 1. The molecule has 0 radical (unpaired) electrons. The Hall–Kier alpha value is -1.85. The van der Waals surface area contributed by atoms with Gasteiger partial charge < -0.3 is 9.64 Å². The molecule has 26 heavy (non-hydrogen) atoms. The van der Waals surface area contributed by atoms with Gasteiger partial charge in [0.15, 0.2) is 0 Å². The fourth-order valence-corrected chi connectivity index (χ4v) is 4.33. The summed E-state index contributed by atoms with van der Waals surface area (Å²) in [5, 5.41) is 1.38. The number of halogens is 1. The predicted molar refractivity (Wildman–Crippen MR) is 112 cm³/mol. The third-order valence-corrected chi connectivity index (χ3v) is 5.51. The van der Waals surface area contributed by atoms with E-state index in [4.69, 9.17) is 16.3 Å². The van der Waals surface area contributed by atoms with E-state index in [-0.39, 0.29) is 0 Å². The number of anilines is 1. The average Bonchev–Trinajstić information content (AvgIpc) is 2.95. The molecule has 0 bridgehead atoms. The van der Waals surface area contributed by atoms with Gasteiger partial charge in [0.25, 0.3) is 0 Å². The SMILES string of the molecule is CCCCN(C)c1nc(Cl)nc2sc(C)c(-c3ccc(OCC)cc3)c12. The molecule has 0 fully saturated rings. The van der Waals surface area contributed by atoms with Crippen LogP contribution in [0.3, 0.4) is 0 Å². The van der Waals surface area contributed by atoms with E-state index < -0.39 is 0 Å². The molecule has 0 amide bonds. The van der Waals surface area contributed by atoms with Gasteiger partial charge in [0.05, 0.1) is 12.0 Å². The second-order valence-electron chi connectivity index (χ2n) is 6.26. The Morgan fingerprint density at radius 2 is 1.88 bits per heavy atom. The predicted octanol–water partition coefficient (Wildman–Crippen LogP) is 5.96. The van der Waals surface area contributed by atoms with Crippen LogP contribution in [0.2, 0.25) is 5.28 Å². The maximum Gasteiger partial charge on any atom is 0.225 e. The molecule has 3 aromatic rings. The third kappa shape index (κ3) is 3.79. The summed E-state index contributed by atoms with van der Waals surface area (Å²) < 4.78 is 5.57. The van der Waals surface area contributed by atoms with Crippen molar-refractivity contribution < 1.29 is 4.74 Å². The molecule has 0 aliphatic heterocycles. The van der Waals surface area contributed by atoms with Gasteiger partial charge in [-0.05, 0) is 49.6 Å². The minimum absolute atomic E-state index is 0.301. The molecule has 6 heteroatoms. The highest BCUT2D eigenvalue weighted by atomic mass is 35.5. The molecule has 0 unspecified atom stereocenters. The zero-order valence-electron chi connectivity index (χ0n) is 15.7. The van der Waals surface area contributed by atoms with Gasteiger partial charge in [-0.3, -0.25) is 0 Å². The Balaban J connectivity index is 2.14. The van der Waals surface area contributed by atoms with Gasteiger partial charge in [-0.2, -0.15) is 4.98 Å². The lowest BCUT2D eigenvalue weighted by molar-refractivity contribution is 0.340. The fourth-order valence-electron chi connectivity index (χ4n) is 3.08. The second kappa shape index (κ2) is 8.23. The van der Waals surface area contributed by atoms with E-state index in [0.717, 1.165) is 46.7 Å². The van der Waals surface area contributed by atoms with Crippen LogP contribution in [0.15, 0.2) is 24.3 Å². The number of benzene rings is 1. The molecule has 0 spiro atoms. The van der Waals surface area contributed by atoms with Gasteiger partial charge in [0.1, 0.15) is 16.4 Å². The van der Waals surface area contributed by atoms with E-state index in [9.17, 15) is 0 Å². The van der Waals surface area contributed by atoms with Crippen LogP contribution in [0.5, 0.6) is 5.75 Å². The van der Waals surface area contributed by atoms with E-state index in [1.807, 2.05) is 19.1 Å². The maximum absolute atomic E-state index is 6.21. The molecule has 1 aromatic carbocycles. The molecule has 0 aliphatic rings. The monoisotopic (exact) mass is 389 g/mol. The van der Waals surface area contributed by atoms with Gasteiger partial charge in [-0.25, -0.2) is 4.98 Å². The Morgan fingerprint density at radius 1 is 1.15 bits per heavy atom. The highest BCUT2D eigenvalue weighted by molar-refractivity contribution is 7.19. The lowest BCUT2D eigenvalue weighted by Gasteiger charge is -2.19. The van der Waals surface area contributed by atoms with Crippen molar-refractivity contribution in [2.45, 2.75) is 33.6 Å². The van der Waals surface area contributed by atoms with E-state index in [1.54, 1.807) is 11.3 Å². The van der Waals surface area contributed by atoms with Crippen molar-refractivity contribution in [3.63, 3.8) is 0 Å². The van der Waals surface area contributed by atoms with Crippen molar-refractivity contribution in [1.82, 2.24) is 9.97 Å². The van der Waals surface area contributed by atoms with E-state index >= 15 is 0 Å². The number of aryl methyl sites for hydroxylation is 1. The van der Waals surface area contributed by atoms with Crippen molar-refractivity contribution in [1.29, 1.82) is 0 Å². The zero-order valence-corrected chi connectivity index (χ0v) is 17.2. The first-order chi connectivity index (χ1) is 12.5. The van der Waals surface area contributed by atoms with Crippen LogP contribution in [0.4, 0.5) is 5.82 Å². The molecule has 138 valence electrons. The van der Waals surface area contributed by atoms with E-state index in [2.05, 4.69) is 47.9 Å². The molecular formula is C20H24ClN3OS. The van der Waals surface area contributed by atoms with Gasteiger partial charge in [0, 0.05) is 24.0 Å². The molecule has 0 saturated heterocycles. The van der Waals surface area contributed by atoms with Crippen molar-refractivity contribution in [3.8, 4) is 16.9 Å². The molecule has 0 atom stereocenters. The molecule has 3 rings (SSSR count). The van der Waals surface area contributed by atoms with Crippen LogP contribution in [-0.4, -0.2) is 30.2 Å². The molecule has 0 aliphatic carbocycles. The second-order valence-corrected chi connectivity index (χ2v) is 7.80. The number of hydrogen-bond donors (Lipinski definition) is 0. The minimum Gasteiger partial charge on any atom is -0.494 e. The zero-order chi connectivity index (χ0) is 18.7. The summed E-state index contributed by atoms with van der Waals surface area (Å²) in [5.41, 5.74) is 2.33. The number of hydrogen-bond acceptors (Lipinski definition) is 5. The summed E-state index contributed by atoms with van der Waals surface area (Å²) in [6.07, 6.45) is 2.25. The van der Waals surface area contributed by atoms with Crippen LogP contribution >= 0.6 is 22.9 Å². The van der Waals surface area contributed by atoms with Crippen molar-refractivity contribution in [2.24, 2.45) is 0 Å².